The average Bonchev–Trinajstić information content (AvgIpc) is 2.66. The maximum atomic E-state index is 12.3. The number of hydrogen-bond donors (Lipinski definition) is 2. The molecule has 0 aliphatic carbocycles. The van der Waals surface area contributed by atoms with Gasteiger partial charge in [-0.2, -0.15) is 0 Å². The summed E-state index contributed by atoms with van der Waals surface area (Å²) in [6.45, 7) is 2.24. The standard InChI is InChI=1S/C21H22N2O2/c1-15(17-10-5-6-13-20(17)25-2)22-14-21(24)23-19-12-7-9-16-8-3-4-11-18(16)19/h3-13,15,22H,14H2,1-2H3,(H,23,24)/t15-/m0/s1. The van der Waals surface area contributed by atoms with Crippen LogP contribution < -0.4 is 15.4 Å². The van der Waals surface area contributed by atoms with E-state index in [1.54, 1.807) is 7.11 Å². The van der Waals surface area contributed by atoms with E-state index in [2.05, 4.69) is 10.6 Å². The van der Waals surface area contributed by atoms with Gasteiger partial charge in [-0.25, -0.2) is 0 Å². The van der Waals surface area contributed by atoms with Crippen molar-refractivity contribution in [2.45, 2.75) is 13.0 Å². The molecular weight excluding hydrogens is 312 g/mol. The Balaban J connectivity index is 1.65. The van der Waals surface area contributed by atoms with Crippen LogP contribution in [0.5, 0.6) is 5.75 Å². The summed E-state index contributed by atoms with van der Waals surface area (Å²) in [6, 6.07) is 21.7. The first-order chi connectivity index (χ1) is 12.2. The van der Waals surface area contributed by atoms with Gasteiger partial charge < -0.3 is 15.4 Å². The maximum absolute atomic E-state index is 12.3. The van der Waals surface area contributed by atoms with E-state index < -0.39 is 0 Å². The van der Waals surface area contributed by atoms with Gasteiger partial charge in [0.1, 0.15) is 5.75 Å². The van der Waals surface area contributed by atoms with Gasteiger partial charge in [-0.1, -0.05) is 54.6 Å². The van der Waals surface area contributed by atoms with Crippen LogP contribution >= 0.6 is 0 Å². The van der Waals surface area contributed by atoms with Crippen LogP contribution in [0.3, 0.4) is 0 Å². The van der Waals surface area contributed by atoms with Gasteiger partial charge in [0.15, 0.2) is 0 Å². The zero-order chi connectivity index (χ0) is 17.6. The number of methoxy groups -OCH3 is 1. The molecule has 0 saturated heterocycles. The van der Waals surface area contributed by atoms with Crippen molar-refractivity contribution < 1.29 is 9.53 Å². The van der Waals surface area contributed by atoms with Gasteiger partial charge in [-0.15, -0.1) is 0 Å². The number of benzene rings is 3. The van der Waals surface area contributed by atoms with Crippen LogP contribution in [-0.2, 0) is 4.79 Å². The number of carbonyl (C=O) groups excluding carboxylic acids is 1. The van der Waals surface area contributed by atoms with Gasteiger partial charge in [0.05, 0.1) is 13.7 Å². The van der Waals surface area contributed by atoms with E-state index in [0.717, 1.165) is 27.8 Å². The lowest BCUT2D eigenvalue weighted by molar-refractivity contribution is -0.115. The molecule has 25 heavy (non-hydrogen) atoms. The first kappa shape index (κ1) is 17.0. The summed E-state index contributed by atoms with van der Waals surface area (Å²) in [4.78, 5) is 12.3. The molecule has 0 radical (unpaired) electrons. The summed E-state index contributed by atoms with van der Waals surface area (Å²) < 4.78 is 5.38. The predicted molar refractivity (Wildman–Crippen MR) is 102 cm³/mol. The molecule has 2 N–H and O–H groups in total. The lowest BCUT2D eigenvalue weighted by Gasteiger charge is -2.17. The van der Waals surface area contributed by atoms with E-state index in [0.29, 0.717) is 0 Å². The molecule has 0 fully saturated rings. The number of para-hydroxylation sites is 1. The van der Waals surface area contributed by atoms with Crippen molar-refractivity contribution >= 4 is 22.4 Å². The molecule has 0 bridgehead atoms. The summed E-state index contributed by atoms with van der Waals surface area (Å²) in [5, 5.41) is 8.38. The number of carbonyl (C=O) groups is 1. The molecule has 0 aliphatic heterocycles. The van der Waals surface area contributed by atoms with E-state index in [9.17, 15) is 4.79 Å². The smallest absolute Gasteiger partial charge is 0.238 e. The highest BCUT2D eigenvalue weighted by atomic mass is 16.5. The van der Waals surface area contributed by atoms with Crippen LogP contribution in [0.25, 0.3) is 10.8 Å². The molecule has 4 heteroatoms. The van der Waals surface area contributed by atoms with Crippen molar-refractivity contribution in [2.24, 2.45) is 0 Å². The molecule has 1 amide bonds. The topological polar surface area (TPSA) is 50.4 Å². The van der Waals surface area contributed by atoms with Crippen LogP contribution in [0.4, 0.5) is 5.69 Å². The van der Waals surface area contributed by atoms with E-state index in [4.69, 9.17) is 4.74 Å². The Morgan fingerprint density at radius 3 is 2.56 bits per heavy atom. The normalized spacial score (nSPS) is 11.9. The number of fused-ring (bicyclic) bond motifs is 1. The molecule has 0 unspecified atom stereocenters. The number of hydrogen-bond acceptors (Lipinski definition) is 3. The summed E-state index contributed by atoms with van der Waals surface area (Å²) in [7, 11) is 1.65. The lowest BCUT2D eigenvalue weighted by Crippen LogP contribution is -2.30. The van der Waals surface area contributed by atoms with Gasteiger partial charge in [0.2, 0.25) is 5.91 Å². The fourth-order valence-electron chi connectivity index (χ4n) is 2.91. The predicted octanol–water partition coefficient (Wildman–Crippen LogP) is 4.14. The van der Waals surface area contributed by atoms with E-state index in [1.165, 1.54) is 0 Å². The molecule has 0 aliphatic rings. The van der Waals surface area contributed by atoms with Crippen LogP contribution in [0.15, 0.2) is 66.7 Å². The Labute approximate surface area is 147 Å². The minimum atomic E-state index is -0.0712. The molecular formula is C21H22N2O2. The van der Waals surface area contributed by atoms with Crippen LogP contribution in [-0.4, -0.2) is 19.6 Å². The first-order valence-corrected chi connectivity index (χ1v) is 8.33. The van der Waals surface area contributed by atoms with Crippen molar-refractivity contribution in [1.29, 1.82) is 0 Å². The third-order valence-corrected chi connectivity index (χ3v) is 4.24. The molecule has 3 rings (SSSR count). The van der Waals surface area contributed by atoms with Crippen LogP contribution in [0, 0.1) is 0 Å². The summed E-state index contributed by atoms with van der Waals surface area (Å²) in [5.74, 6) is 0.745. The fourth-order valence-corrected chi connectivity index (χ4v) is 2.91. The largest absolute Gasteiger partial charge is 0.496 e. The monoisotopic (exact) mass is 334 g/mol. The van der Waals surface area contributed by atoms with Crippen LogP contribution in [0.1, 0.15) is 18.5 Å². The number of anilines is 1. The number of ether oxygens (including phenoxy) is 1. The van der Waals surface area contributed by atoms with Gasteiger partial charge in [0, 0.05) is 22.7 Å². The van der Waals surface area contributed by atoms with Gasteiger partial charge >= 0.3 is 0 Å². The zero-order valence-corrected chi connectivity index (χ0v) is 14.5. The average molecular weight is 334 g/mol. The molecule has 0 heterocycles. The lowest BCUT2D eigenvalue weighted by atomic mass is 10.1. The number of rotatable bonds is 6. The van der Waals surface area contributed by atoms with Crippen molar-refractivity contribution in [3.05, 3.63) is 72.3 Å². The second-order valence-corrected chi connectivity index (χ2v) is 5.92. The third-order valence-electron chi connectivity index (χ3n) is 4.24. The number of amides is 1. The Morgan fingerprint density at radius 2 is 1.72 bits per heavy atom. The van der Waals surface area contributed by atoms with Crippen LogP contribution in [0.2, 0.25) is 0 Å². The van der Waals surface area contributed by atoms with Crippen molar-refractivity contribution in [3.8, 4) is 5.75 Å². The Hall–Kier alpha value is -2.85. The van der Waals surface area contributed by atoms with Crippen molar-refractivity contribution in [1.82, 2.24) is 5.32 Å². The maximum Gasteiger partial charge on any atom is 0.238 e. The highest BCUT2D eigenvalue weighted by molar-refractivity contribution is 6.02. The molecule has 1 atom stereocenters. The third kappa shape index (κ3) is 3.98. The molecule has 3 aromatic rings. The molecule has 3 aromatic carbocycles. The van der Waals surface area contributed by atoms with E-state index in [1.807, 2.05) is 73.7 Å². The fraction of sp³-hybridized carbons (Fsp3) is 0.190. The summed E-state index contributed by atoms with van der Waals surface area (Å²) >= 11 is 0. The highest BCUT2D eigenvalue weighted by Gasteiger charge is 2.12. The minimum absolute atomic E-state index is 0.00872. The molecule has 128 valence electrons. The SMILES string of the molecule is COc1ccccc1[C@H](C)NCC(=O)Nc1cccc2ccccc12. The Morgan fingerprint density at radius 1 is 1.00 bits per heavy atom. The van der Waals surface area contributed by atoms with E-state index in [-0.39, 0.29) is 18.5 Å². The second kappa shape index (κ2) is 7.81. The second-order valence-electron chi connectivity index (χ2n) is 5.92. The highest BCUT2D eigenvalue weighted by Crippen LogP contribution is 2.25. The Kier molecular flexibility index (Phi) is 5.31. The Bertz CT molecular complexity index is 871. The first-order valence-electron chi connectivity index (χ1n) is 8.33. The van der Waals surface area contributed by atoms with E-state index >= 15 is 0 Å². The summed E-state index contributed by atoms with van der Waals surface area (Å²) in [5.41, 5.74) is 1.86. The summed E-state index contributed by atoms with van der Waals surface area (Å²) in [6.07, 6.45) is 0. The molecule has 0 aromatic heterocycles. The van der Waals surface area contributed by atoms with Crippen molar-refractivity contribution in [3.63, 3.8) is 0 Å². The van der Waals surface area contributed by atoms with Gasteiger partial charge in [-0.05, 0) is 24.4 Å². The molecule has 0 saturated carbocycles. The zero-order valence-electron chi connectivity index (χ0n) is 14.5. The molecule has 0 spiro atoms. The van der Waals surface area contributed by atoms with Gasteiger partial charge in [0.25, 0.3) is 0 Å². The van der Waals surface area contributed by atoms with Gasteiger partial charge in [-0.3, -0.25) is 4.79 Å². The minimum Gasteiger partial charge on any atom is -0.496 e. The van der Waals surface area contributed by atoms with Crippen molar-refractivity contribution in [2.75, 3.05) is 19.0 Å². The quantitative estimate of drug-likeness (QED) is 0.712. The molecule has 4 nitrogen and oxygen atoms in total. The number of nitrogens with one attached hydrogen (secondary N) is 2.